The first-order valence-electron chi connectivity index (χ1n) is 5.63. The summed E-state index contributed by atoms with van der Waals surface area (Å²) in [5.74, 6) is -1.42. The lowest BCUT2D eigenvalue weighted by atomic mass is 10.2. The van der Waals surface area contributed by atoms with Crippen LogP contribution < -0.4 is 5.32 Å². The molecule has 0 aliphatic carbocycles. The van der Waals surface area contributed by atoms with Crippen LogP contribution >= 0.6 is 11.6 Å². The largest absolute Gasteiger partial charge is 0.479 e. The minimum Gasteiger partial charge on any atom is -0.479 e. The fourth-order valence-corrected chi connectivity index (χ4v) is 1.99. The predicted molar refractivity (Wildman–Crippen MR) is 65.4 cm³/mol. The molecule has 0 amide bonds. The summed E-state index contributed by atoms with van der Waals surface area (Å²) in [4.78, 5) is 10.7. The van der Waals surface area contributed by atoms with Crippen molar-refractivity contribution in [3.63, 3.8) is 0 Å². The quantitative estimate of drug-likeness (QED) is 0.885. The normalized spacial score (nSPS) is 23.0. The molecular formula is C12H13ClFNO3. The second kappa shape index (κ2) is 5.54. The number of carboxylic acids is 1. The molecule has 1 aromatic carbocycles. The first-order valence-corrected chi connectivity index (χ1v) is 6.01. The molecule has 0 saturated carbocycles. The fraction of sp³-hybridized carbons (Fsp3) is 0.417. The number of carbonyl (C=O) groups is 1. The van der Waals surface area contributed by atoms with E-state index in [1.54, 1.807) is 6.07 Å². The number of benzene rings is 1. The van der Waals surface area contributed by atoms with Gasteiger partial charge in [-0.05, 0) is 31.0 Å². The van der Waals surface area contributed by atoms with Crippen molar-refractivity contribution in [2.75, 3.05) is 11.9 Å². The number of halogens is 2. The maximum absolute atomic E-state index is 13.2. The zero-order valence-electron chi connectivity index (χ0n) is 9.53. The Hall–Kier alpha value is -1.33. The molecular weight excluding hydrogens is 261 g/mol. The predicted octanol–water partition coefficient (Wildman–Crippen LogP) is 2.52. The topological polar surface area (TPSA) is 58.6 Å². The van der Waals surface area contributed by atoms with Gasteiger partial charge in [0.15, 0.2) is 6.10 Å². The van der Waals surface area contributed by atoms with Crippen molar-refractivity contribution in [2.45, 2.75) is 25.0 Å². The summed E-state index contributed by atoms with van der Waals surface area (Å²) < 4.78 is 18.5. The summed E-state index contributed by atoms with van der Waals surface area (Å²) in [6.07, 6.45) is 0.306. The minimum atomic E-state index is -0.935. The summed E-state index contributed by atoms with van der Waals surface area (Å²) in [6.45, 7) is 0.449. The molecule has 1 saturated heterocycles. The van der Waals surface area contributed by atoms with Crippen LogP contribution in [0.1, 0.15) is 12.8 Å². The Bertz CT molecular complexity index is 455. The van der Waals surface area contributed by atoms with Crippen molar-refractivity contribution < 1.29 is 19.0 Å². The number of carboxylic acid groups (broad SMARTS) is 1. The highest BCUT2D eigenvalue weighted by molar-refractivity contribution is 6.30. The lowest BCUT2D eigenvalue weighted by Crippen LogP contribution is -2.24. The lowest BCUT2D eigenvalue weighted by molar-refractivity contribution is -0.149. The number of rotatable bonds is 4. The van der Waals surface area contributed by atoms with Gasteiger partial charge < -0.3 is 15.2 Å². The van der Waals surface area contributed by atoms with Gasteiger partial charge in [0, 0.05) is 12.2 Å². The highest BCUT2D eigenvalue weighted by atomic mass is 35.5. The summed E-state index contributed by atoms with van der Waals surface area (Å²) in [5.41, 5.74) is 0.597. The van der Waals surface area contributed by atoms with Gasteiger partial charge in [0.05, 0.1) is 11.1 Å². The SMILES string of the molecule is O=C(O)C1CCC(CNc2ccc(Cl)c(F)c2)O1. The molecule has 98 valence electrons. The average Bonchev–Trinajstić information content (AvgIpc) is 2.79. The number of anilines is 1. The van der Waals surface area contributed by atoms with Gasteiger partial charge in [0.1, 0.15) is 5.82 Å². The molecule has 4 nitrogen and oxygen atoms in total. The highest BCUT2D eigenvalue weighted by Crippen LogP contribution is 2.22. The van der Waals surface area contributed by atoms with Crippen LogP contribution in [0.15, 0.2) is 18.2 Å². The molecule has 1 aliphatic heterocycles. The smallest absolute Gasteiger partial charge is 0.332 e. The standard InChI is InChI=1S/C12H13ClFNO3/c13-9-3-1-7(5-10(9)14)15-6-8-2-4-11(18-8)12(16)17/h1,3,5,8,11,15H,2,4,6H2,(H,16,17). The van der Waals surface area contributed by atoms with E-state index >= 15 is 0 Å². The van der Waals surface area contributed by atoms with Crippen LogP contribution in [0, 0.1) is 5.82 Å². The van der Waals surface area contributed by atoms with Gasteiger partial charge in [0.25, 0.3) is 0 Å². The van der Waals surface area contributed by atoms with Crippen LogP contribution in [0.5, 0.6) is 0 Å². The van der Waals surface area contributed by atoms with Crippen molar-refractivity contribution in [2.24, 2.45) is 0 Å². The Labute approximate surface area is 109 Å². The highest BCUT2D eigenvalue weighted by Gasteiger charge is 2.30. The van der Waals surface area contributed by atoms with E-state index in [1.807, 2.05) is 0 Å². The molecule has 2 N–H and O–H groups in total. The first kappa shape index (κ1) is 13.1. The molecule has 18 heavy (non-hydrogen) atoms. The van der Waals surface area contributed by atoms with Gasteiger partial charge in [-0.15, -0.1) is 0 Å². The Kier molecular flexibility index (Phi) is 4.04. The van der Waals surface area contributed by atoms with Gasteiger partial charge in [-0.2, -0.15) is 0 Å². The number of nitrogens with one attached hydrogen (secondary N) is 1. The monoisotopic (exact) mass is 273 g/mol. The van der Waals surface area contributed by atoms with Crippen LogP contribution in [0.25, 0.3) is 0 Å². The van der Waals surface area contributed by atoms with Gasteiger partial charge in [-0.3, -0.25) is 0 Å². The Morgan fingerprint density at radius 2 is 2.33 bits per heavy atom. The third-order valence-electron chi connectivity index (χ3n) is 2.84. The molecule has 0 aromatic heterocycles. The molecule has 1 fully saturated rings. The van der Waals surface area contributed by atoms with Gasteiger partial charge in [-0.1, -0.05) is 11.6 Å². The molecule has 1 aliphatic rings. The van der Waals surface area contributed by atoms with E-state index in [9.17, 15) is 9.18 Å². The average molecular weight is 274 g/mol. The molecule has 0 radical (unpaired) electrons. The van der Waals surface area contributed by atoms with Crippen molar-refractivity contribution in [3.05, 3.63) is 29.0 Å². The number of aliphatic carboxylic acids is 1. The molecule has 6 heteroatoms. The Balaban J connectivity index is 1.85. The van der Waals surface area contributed by atoms with Gasteiger partial charge in [-0.25, -0.2) is 9.18 Å². The van der Waals surface area contributed by atoms with E-state index in [0.717, 1.165) is 0 Å². The number of hydrogen-bond donors (Lipinski definition) is 2. The summed E-state index contributed by atoms with van der Waals surface area (Å²) in [5, 5.41) is 11.8. The van der Waals surface area contributed by atoms with Crippen LogP contribution in [0.3, 0.4) is 0 Å². The van der Waals surface area contributed by atoms with Crippen molar-refractivity contribution in [1.82, 2.24) is 0 Å². The first-order chi connectivity index (χ1) is 8.56. The minimum absolute atomic E-state index is 0.0728. The zero-order chi connectivity index (χ0) is 13.1. The van der Waals surface area contributed by atoms with Gasteiger partial charge in [0.2, 0.25) is 0 Å². The molecule has 0 spiro atoms. The maximum atomic E-state index is 13.2. The summed E-state index contributed by atoms with van der Waals surface area (Å²) in [6, 6.07) is 4.43. The Morgan fingerprint density at radius 1 is 1.56 bits per heavy atom. The Morgan fingerprint density at radius 3 is 2.94 bits per heavy atom. The van der Waals surface area contributed by atoms with Gasteiger partial charge >= 0.3 is 5.97 Å². The van der Waals surface area contributed by atoms with Crippen LogP contribution in [-0.2, 0) is 9.53 Å². The maximum Gasteiger partial charge on any atom is 0.332 e. The third-order valence-corrected chi connectivity index (χ3v) is 3.14. The molecule has 1 heterocycles. The van der Waals surface area contributed by atoms with E-state index < -0.39 is 17.9 Å². The van der Waals surface area contributed by atoms with Crippen LogP contribution in [0.2, 0.25) is 5.02 Å². The molecule has 1 aromatic rings. The van der Waals surface area contributed by atoms with Crippen LogP contribution in [-0.4, -0.2) is 29.8 Å². The second-order valence-electron chi connectivity index (χ2n) is 4.17. The molecule has 2 rings (SSSR count). The lowest BCUT2D eigenvalue weighted by Gasteiger charge is -2.13. The number of ether oxygens (including phenoxy) is 1. The van der Waals surface area contributed by atoms with E-state index in [0.29, 0.717) is 25.1 Å². The number of hydrogen-bond acceptors (Lipinski definition) is 3. The van der Waals surface area contributed by atoms with Crippen molar-refractivity contribution in [3.8, 4) is 0 Å². The second-order valence-corrected chi connectivity index (χ2v) is 4.58. The van der Waals surface area contributed by atoms with E-state index in [1.165, 1.54) is 12.1 Å². The van der Waals surface area contributed by atoms with Crippen molar-refractivity contribution in [1.29, 1.82) is 0 Å². The van der Waals surface area contributed by atoms with Crippen LogP contribution in [0.4, 0.5) is 10.1 Å². The summed E-state index contributed by atoms with van der Waals surface area (Å²) in [7, 11) is 0. The molecule has 2 unspecified atom stereocenters. The third kappa shape index (κ3) is 3.11. The molecule has 2 atom stereocenters. The van der Waals surface area contributed by atoms with E-state index in [2.05, 4.69) is 5.32 Å². The molecule has 0 bridgehead atoms. The van der Waals surface area contributed by atoms with E-state index in [4.69, 9.17) is 21.4 Å². The summed E-state index contributed by atoms with van der Waals surface area (Å²) >= 11 is 5.57. The van der Waals surface area contributed by atoms with Crippen molar-refractivity contribution >= 4 is 23.3 Å². The van der Waals surface area contributed by atoms with E-state index in [-0.39, 0.29) is 11.1 Å². The zero-order valence-corrected chi connectivity index (χ0v) is 10.3. The fourth-order valence-electron chi connectivity index (χ4n) is 1.88.